The maximum absolute atomic E-state index is 5.06. The van der Waals surface area contributed by atoms with Crippen LogP contribution in [0.4, 0.5) is 0 Å². The Morgan fingerprint density at radius 3 is 0.821 bits per heavy atom. The predicted molar refractivity (Wildman–Crippen MR) is 552 cm³/mol. The smallest absolute Gasteiger partial charge is 0.0763 e. The molecule has 0 saturated heterocycles. The fraction of sp³-hybridized carbons (Fsp3) is 0.127. The summed E-state index contributed by atoms with van der Waals surface area (Å²) in [5.74, 6) is 1.40. The van der Waals surface area contributed by atoms with Gasteiger partial charge >= 0.3 is 0 Å². The molecule has 0 N–H and O–H groups in total. The van der Waals surface area contributed by atoms with Crippen LogP contribution in [-0.2, 0) is 65.9 Å². The molecule has 0 atom stereocenters. The quantitative estimate of drug-likeness (QED) is 0.0397. The predicted octanol–water partition coefficient (Wildman–Crippen LogP) is 32.5. The summed E-state index contributed by atoms with van der Waals surface area (Å²) in [7, 11) is 0. The molecule has 0 aliphatic heterocycles. The van der Waals surface area contributed by atoms with E-state index >= 15 is 0 Å². The van der Waals surface area contributed by atoms with E-state index in [0.29, 0.717) is 11.6 Å². The van der Waals surface area contributed by atoms with E-state index in [4.69, 9.17) is 19.9 Å². The fourth-order valence-electron chi connectivity index (χ4n) is 17.5. The van der Waals surface area contributed by atoms with E-state index in [9.17, 15) is 0 Å². The molecule has 662 valence electrons. The van der Waals surface area contributed by atoms with Crippen molar-refractivity contribution in [3.63, 3.8) is 0 Å². The molecule has 0 aliphatic carbocycles. The van der Waals surface area contributed by atoms with Gasteiger partial charge in [-0.3, -0.25) is 19.9 Å². The maximum Gasteiger partial charge on any atom is 0.0763 e. The van der Waals surface area contributed by atoms with Crippen molar-refractivity contribution < 1.29 is 40.2 Å². The standard InChI is InChI=1S/2C35H32N.2C28H21N2.2Ir/c2*1(5-13-28-14-7-3-8-15-28)2-6-16-29-17-11-20-31(25-29)32-21-12-22-34(26-32)35-27-33(23-24-36-35)30-18-9-4-10-19-30;2*1-19-10-8-11-20(2)26(19)27-24-16-6-7-17-25(24)29-28(30-27)23-15-9-14-22(18-23)21-12-4-3-5-13-21;;/h2*3-4,7-12,14-15,17-21,23-27H,1-2,5-6,13,16H2;2*3-14,16-18H,1-2H3;;/q4*-1;;. The van der Waals surface area contributed by atoms with E-state index in [0.717, 1.165) is 90.8 Å². The third-order valence-corrected chi connectivity index (χ3v) is 24.4. The fourth-order valence-corrected chi connectivity index (χ4v) is 17.5. The normalized spacial score (nSPS) is 10.8. The van der Waals surface area contributed by atoms with Gasteiger partial charge in [0.15, 0.2) is 0 Å². The summed E-state index contributed by atoms with van der Waals surface area (Å²) in [6.45, 7) is 8.56. The van der Waals surface area contributed by atoms with Crippen molar-refractivity contribution in [1.29, 1.82) is 0 Å². The van der Waals surface area contributed by atoms with Crippen LogP contribution < -0.4 is 0 Å². The van der Waals surface area contributed by atoms with Crippen LogP contribution in [0.5, 0.6) is 0 Å². The number of fused-ring (bicyclic) bond motifs is 2. The molecule has 0 amide bonds. The van der Waals surface area contributed by atoms with Gasteiger partial charge < -0.3 is 9.97 Å². The van der Waals surface area contributed by atoms with E-state index in [1.807, 2.05) is 85.2 Å². The molecule has 20 aromatic rings. The maximum atomic E-state index is 5.06. The van der Waals surface area contributed by atoms with Crippen molar-refractivity contribution in [2.75, 3.05) is 0 Å². The number of para-hydroxylation sites is 2. The number of hydrogen-bond donors (Lipinski definition) is 0. The van der Waals surface area contributed by atoms with Gasteiger partial charge in [0.05, 0.1) is 34.1 Å². The molecule has 6 nitrogen and oxygen atoms in total. The topological polar surface area (TPSA) is 77.3 Å². The van der Waals surface area contributed by atoms with E-state index < -0.39 is 0 Å². The first-order valence-corrected chi connectivity index (χ1v) is 46.3. The minimum Gasteiger partial charge on any atom is -0.305 e. The van der Waals surface area contributed by atoms with Crippen LogP contribution >= 0.6 is 0 Å². The van der Waals surface area contributed by atoms with E-state index in [-0.39, 0.29) is 40.2 Å². The Bertz CT molecular complexity index is 6720. The second-order valence-electron chi connectivity index (χ2n) is 33.8. The summed E-state index contributed by atoms with van der Waals surface area (Å²) in [4.78, 5) is 29.2. The summed E-state index contributed by atoms with van der Waals surface area (Å²) in [6.07, 6.45) is 18.6. The monoisotopic (exact) mass is 2090 g/mol. The second kappa shape index (κ2) is 47.8. The van der Waals surface area contributed by atoms with Crippen LogP contribution in [-0.4, -0.2) is 29.9 Å². The number of hydrogen-bond acceptors (Lipinski definition) is 6. The number of rotatable bonds is 26. The van der Waals surface area contributed by atoms with Crippen molar-refractivity contribution in [3.8, 4) is 135 Å². The van der Waals surface area contributed by atoms with Crippen LogP contribution in [0.25, 0.3) is 156 Å². The van der Waals surface area contributed by atoms with Crippen LogP contribution in [0, 0.1) is 52.0 Å². The van der Waals surface area contributed by atoms with Crippen LogP contribution in [0.15, 0.2) is 425 Å². The summed E-state index contributed by atoms with van der Waals surface area (Å²) >= 11 is 0. The first-order chi connectivity index (χ1) is 65.1. The van der Waals surface area contributed by atoms with E-state index in [2.05, 4.69) is 402 Å². The molecule has 2 radical (unpaired) electrons. The number of pyridine rings is 2. The summed E-state index contributed by atoms with van der Waals surface area (Å²) in [5.41, 5.74) is 36.8. The Labute approximate surface area is 818 Å². The molecule has 0 saturated carbocycles. The summed E-state index contributed by atoms with van der Waals surface area (Å²) < 4.78 is 0. The zero-order valence-electron chi connectivity index (χ0n) is 76.2. The van der Waals surface area contributed by atoms with Gasteiger partial charge in [0.2, 0.25) is 0 Å². The summed E-state index contributed by atoms with van der Waals surface area (Å²) in [5, 5.41) is 2.13. The molecule has 16 aromatic carbocycles. The van der Waals surface area contributed by atoms with Crippen molar-refractivity contribution >= 4 is 21.8 Å². The van der Waals surface area contributed by atoms with Crippen molar-refractivity contribution in [1.82, 2.24) is 29.9 Å². The van der Waals surface area contributed by atoms with Crippen LogP contribution in [0.1, 0.15) is 95.9 Å². The molecule has 0 fully saturated rings. The van der Waals surface area contributed by atoms with Gasteiger partial charge in [-0.05, 0) is 204 Å². The molecule has 4 heterocycles. The van der Waals surface area contributed by atoms with Crippen molar-refractivity contribution in [3.05, 3.63) is 494 Å². The Kier molecular flexibility index (Phi) is 33.7. The first kappa shape index (κ1) is 94.4. The molecule has 8 heteroatoms. The minimum atomic E-state index is 0. The Morgan fingerprint density at radius 2 is 0.470 bits per heavy atom. The Hall–Kier alpha value is -14.2. The average molecular weight is 2090 g/mol. The number of aryl methyl sites for hydroxylation is 8. The van der Waals surface area contributed by atoms with E-state index in [1.54, 1.807) is 0 Å². The van der Waals surface area contributed by atoms with Gasteiger partial charge in [0.25, 0.3) is 0 Å². The first-order valence-electron chi connectivity index (χ1n) is 46.3. The summed E-state index contributed by atoms with van der Waals surface area (Å²) in [6, 6.07) is 157. The van der Waals surface area contributed by atoms with Gasteiger partial charge in [0.1, 0.15) is 0 Å². The SMILES string of the molecule is Cc1cccc(C)c1-c1nc(-c2[c-]ccc(-c3ccccc3)c2)nc2ccccc12.Cc1cccc(C)c1-c1nc(-c2[c-]ccc(-c3ccccc3)c2)nc2ccccc12.[Ir].[Ir].[c-]1ccc(-c2cccc(CCCCCCc3ccccc3)c2)cc1-c1cc(-c2ccccc2)ccn1.[c-]1ccc(-c2cccc(CCCCCCc3ccccc3)c2)cc1-c1cc(-c2ccccc2)ccn1. The molecular weight excluding hydrogens is 1980 g/mol. The Morgan fingerprint density at radius 1 is 0.209 bits per heavy atom. The molecule has 0 spiro atoms. The van der Waals surface area contributed by atoms with Gasteiger partial charge in [0, 0.05) is 74.5 Å². The molecular formula is C126H106Ir2N6-4. The number of nitrogens with zero attached hydrogens (tertiary/aromatic N) is 6. The molecule has 0 bridgehead atoms. The average Bonchev–Trinajstić information content (AvgIpc) is 0.775. The molecule has 4 aromatic heterocycles. The van der Waals surface area contributed by atoms with Gasteiger partial charge in [-0.2, -0.15) is 0 Å². The molecule has 0 unspecified atom stereocenters. The number of aromatic nitrogens is 6. The zero-order chi connectivity index (χ0) is 89.8. The molecule has 20 rings (SSSR count). The van der Waals surface area contributed by atoms with Crippen LogP contribution in [0.3, 0.4) is 0 Å². The largest absolute Gasteiger partial charge is 0.305 e. The molecule has 134 heavy (non-hydrogen) atoms. The molecule has 0 aliphatic rings. The van der Waals surface area contributed by atoms with Crippen molar-refractivity contribution in [2.45, 2.75) is 105 Å². The van der Waals surface area contributed by atoms with Crippen LogP contribution in [0.2, 0.25) is 0 Å². The minimum absolute atomic E-state index is 0. The van der Waals surface area contributed by atoms with Gasteiger partial charge in [-0.1, -0.05) is 341 Å². The third-order valence-electron chi connectivity index (χ3n) is 24.4. The Balaban J connectivity index is 0.000000136. The third kappa shape index (κ3) is 24.9. The zero-order valence-corrected chi connectivity index (χ0v) is 81.0. The number of benzene rings is 16. The van der Waals surface area contributed by atoms with Crippen molar-refractivity contribution in [2.24, 2.45) is 0 Å². The van der Waals surface area contributed by atoms with Gasteiger partial charge in [-0.25, -0.2) is 0 Å². The number of unbranched alkanes of at least 4 members (excludes halogenated alkanes) is 6. The second-order valence-corrected chi connectivity index (χ2v) is 33.8. The van der Waals surface area contributed by atoms with Gasteiger partial charge in [-0.15, -0.1) is 142 Å². The van der Waals surface area contributed by atoms with E-state index in [1.165, 1.54) is 175 Å².